The summed E-state index contributed by atoms with van der Waals surface area (Å²) in [7, 11) is 0. The molecule has 2 unspecified atom stereocenters. The van der Waals surface area contributed by atoms with Gasteiger partial charge in [0.1, 0.15) is 24.0 Å². The molecule has 0 saturated carbocycles. The van der Waals surface area contributed by atoms with E-state index in [9.17, 15) is 5.11 Å². The van der Waals surface area contributed by atoms with E-state index in [-0.39, 0.29) is 6.04 Å². The molecule has 0 saturated heterocycles. The topological polar surface area (TPSA) is 80.4 Å². The highest BCUT2D eigenvalue weighted by molar-refractivity contribution is 5.37. The summed E-state index contributed by atoms with van der Waals surface area (Å²) < 4.78 is 10.5. The van der Waals surface area contributed by atoms with Gasteiger partial charge in [0.05, 0.1) is 12.9 Å². The van der Waals surface area contributed by atoms with Crippen LogP contribution in [0.5, 0.6) is 5.88 Å². The van der Waals surface area contributed by atoms with Crippen molar-refractivity contribution in [3.63, 3.8) is 0 Å². The maximum atomic E-state index is 10.0. The molecule has 0 fully saturated rings. The van der Waals surface area contributed by atoms with Gasteiger partial charge in [-0.05, 0) is 26.0 Å². The number of aliphatic hydroxyl groups is 1. The minimum absolute atomic E-state index is 0.0273. The molecule has 0 spiro atoms. The Morgan fingerprint density at radius 1 is 1.45 bits per heavy atom. The molecule has 0 aliphatic heterocycles. The average Bonchev–Trinajstić information content (AvgIpc) is 2.93. The quantitative estimate of drug-likeness (QED) is 0.809. The Labute approximate surface area is 117 Å². The van der Waals surface area contributed by atoms with E-state index in [0.717, 1.165) is 0 Å². The lowest BCUT2D eigenvalue weighted by Gasteiger charge is -2.17. The first-order valence-corrected chi connectivity index (χ1v) is 6.62. The Kier molecular flexibility index (Phi) is 4.95. The van der Waals surface area contributed by atoms with Crippen LogP contribution < -0.4 is 10.1 Å². The lowest BCUT2D eigenvalue weighted by molar-refractivity contribution is 0.136. The largest absolute Gasteiger partial charge is 0.478 e. The highest BCUT2D eigenvalue weighted by Gasteiger charge is 2.15. The van der Waals surface area contributed by atoms with Gasteiger partial charge in [-0.1, -0.05) is 0 Å². The molecular formula is C14H19N3O3. The van der Waals surface area contributed by atoms with Crippen molar-refractivity contribution in [2.75, 3.05) is 11.9 Å². The highest BCUT2D eigenvalue weighted by atomic mass is 16.5. The van der Waals surface area contributed by atoms with Crippen molar-refractivity contribution >= 4 is 5.82 Å². The summed E-state index contributed by atoms with van der Waals surface area (Å²) in [5, 5.41) is 13.2. The number of furan rings is 1. The van der Waals surface area contributed by atoms with Gasteiger partial charge >= 0.3 is 0 Å². The third-order valence-corrected chi connectivity index (χ3v) is 2.78. The van der Waals surface area contributed by atoms with Crippen LogP contribution in [0.3, 0.4) is 0 Å². The number of hydrogen-bond donors (Lipinski definition) is 2. The van der Waals surface area contributed by atoms with Crippen LogP contribution in [0.2, 0.25) is 0 Å². The van der Waals surface area contributed by atoms with Crippen molar-refractivity contribution in [3.05, 3.63) is 36.5 Å². The average molecular weight is 277 g/mol. The first-order valence-electron chi connectivity index (χ1n) is 6.62. The van der Waals surface area contributed by atoms with E-state index in [1.165, 1.54) is 6.33 Å². The van der Waals surface area contributed by atoms with E-state index in [4.69, 9.17) is 9.15 Å². The molecule has 2 aromatic heterocycles. The molecule has 0 aliphatic carbocycles. The van der Waals surface area contributed by atoms with Gasteiger partial charge in [-0.2, -0.15) is 0 Å². The van der Waals surface area contributed by atoms with E-state index in [0.29, 0.717) is 30.5 Å². The van der Waals surface area contributed by atoms with Gasteiger partial charge < -0.3 is 19.6 Å². The number of ether oxygens (including phenoxy) is 1. The molecule has 6 heteroatoms. The number of rotatable bonds is 7. The van der Waals surface area contributed by atoms with Gasteiger partial charge in [-0.3, -0.25) is 0 Å². The summed E-state index contributed by atoms with van der Waals surface area (Å²) in [5.41, 5.74) is 0. The minimum atomic E-state index is -0.638. The highest BCUT2D eigenvalue weighted by Crippen LogP contribution is 2.20. The Morgan fingerprint density at radius 2 is 2.30 bits per heavy atom. The zero-order valence-corrected chi connectivity index (χ0v) is 11.6. The summed E-state index contributed by atoms with van der Waals surface area (Å²) in [6.07, 6.45) is 2.88. The fourth-order valence-corrected chi connectivity index (χ4v) is 1.89. The molecule has 2 N–H and O–H groups in total. The molecular weight excluding hydrogens is 258 g/mol. The predicted molar refractivity (Wildman–Crippen MR) is 74.6 cm³/mol. The second kappa shape index (κ2) is 6.91. The minimum Gasteiger partial charge on any atom is -0.478 e. The standard InChI is InChI=1S/C14H19N3O3/c1-3-19-14-8-13(15-9-16-14)17-10(2)7-11(18)12-5-4-6-20-12/h4-6,8-11,18H,3,7H2,1-2H3,(H,15,16,17). The zero-order chi connectivity index (χ0) is 14.4. The lowest BCUT2D eigenvalue weighted by Crippen LogP contribution is -2.19. The van der Waals surface area contributed by atoms with Crippen LogP contribution in [-0.2, 0) is 0 Å². The van der Waals surface area contributed by atoms with E-state index in [1.54, 1.807) is 24.5 Å². The van der Waals surface area contributed by atoms with Crippen LogP contribution in [-0.4, -0.2) is 27.7 Å². The number of hydrogen-bond acceptors (Lipinski definition) is 6. The summed E-state index contributed by atoms with van der Waals surface area (Å²) in [5.74, 6) is 1.77. The maximum absolute atomic E-state index is 10.0. The molecule has 0 aromatic carbocycles. The van der Waals surface area contributed by atoms with Crippen molar-refractivity contribution in [3.8, 4) is 5.88 Å². The number of anilines is 1. The second-order valence-electron chi connectivity index (χ2n) is 4.49. The summed E-state index contributed by atoms with van der Waals surface area (Å²) in [6.45, 7) is 4.43. The molecule has 108 valence electrons. The lowest BCUT2D eigenvalue weighted by atomic mass is 10.1. The first-order chi connectivity index (χ1) is 9.69. The first kappa shape index (κ1) is 14.3. The molecule has 20 heavy (non-hydrogen) atoms. The van der Waals surface area contributed by atoms with Crippen molar-refractivity contribution in [1.82, 2.24) is 9.97 Å². The van der Waals surface area contributed by atoms with Gasteiger partial charge in [0, 0.05) is 18.5 Å². The van der Waals surface area contributed by atoms with E-state index in [2.05, 4.69) is 15.3 Å². The van der Waals surface area contributed by atoms with Crippen LogP contribution in [0.4, 0.5) is 5.82 Å². The molecule has 2 heterocycles. The number of nitrogens with one attached hydrogen (secondary N) is 1. The third kappa shape index (κ3) is 3.96. The second-order valence-corrected chi connectivity index (χ2v) is 4.49. The maximum Gasteiger partial charge on any atom is 0.218 e. The molecule has 2 atom stereocenters. The van der Waals surface area contributed by atoms with Crippen molar-refractivity contribution < 1.29 is 14.3 Å². The van der Waals surface area contributed by atoms with E-state index in [1.807, 2.05) is 13.8 Å². The monoisotopic (exact) mass is 277 g/mol. The fraction of sp³-hybridized carbons (Fsp3) is 0.429. The molecule has 2 rings (SSSR count). The molecule has 2 aromatic rings. The van der Waals surface area contributed by atoms with Crippen LogP contribution >= 0.6 is 0 Å². The van der Waals surface area contributed by atoms with Gasteiger partial charge in [0.25, 0.3) is 0 Å². The number of aliphatic hydroxyl groups excluding tert-OH is 1. The van der Waals surface area contributed by atoms with Crippen molar-refractivity contribution in [2.24, 2.45) is 0 Å². The third-order valence-electron chi connectivity index (χ3n) is 2.78. The smallest absolute Gasteiger partial charge is 0.218 e. The van der Waals surface area contributed by atoms with Gasteiger partial charge in [-0.15, -0.1) is 0 Å². The van der Waals surface area contributed by atoms with Crippen molar-refractivity contribution in [1.29, 1.82) is 0 Å². The number of nitrogens with zero attached hydrogens (tertiary/aromatic N) is 2. The molecule has 0 radical (unpaired) electrons. The Hall–Kier alpha value is -2.08. The van der Waals surface area contributed by atoms with E-state index < -0.39 is 6.10 Å². The van der Waals surface area contributed by atoms with Crippen LogP contribution in [0.15, 0.2) is 35.2 Å². The van der Waals surface area contributed by atoms with Gasteiger partial charge in [-0.25, -0.2) is 9.97 Å². The van der Waals surface area contributed by atoms with Crippen LogP contribution in [0.1, 0.15) is 32.1 Å². The molecule has 0 bridgehead atoms. The summed E-state index contributed by atoms with van der Waals surface area (Å²) in [4.78, 5) is 8.12. The molecule has 0 aliphatic rings. The van der Waals surface area contributed by atoms with Crippen LogP contribution in [0, 0.1) is 0 Å². The van der Waals surface area contributed by atoms with Gasteiger partial charge in [0.2, 0.25) is 5.88 Å². The fourth-order valence-electron chi connectivity index (χ4n) is 1.89. The summed E-state index contributed by atoms with van der Waals surface area (Å²) in [6, 6.07) is 5.28. The van der Waals surface area contributed by atoms with Crippen molar-refractivity contribution in [2.45, 2.75) is 32.4 Å². The van der Waals surface area contributed by atoms with E-state index >= 15 is 0 Å². The van der Waals surface area contributed by atoms with Crippen LogP contribution in [0.25, 0.3) is 0 Å². The normalized spacial score (nSPS) is 13.8. The Morgan fingerprint density at radius 3 is 3.00 bits per heavy atom. The Balaban J connectivity index is 1.90. The summed E-state index contributed by atoms with van der Waals surface area (Å²) >= 11 is 0. The van der Waals surface area contributed by atoms with Gasteiger partial charge in [0.15, 0.2) is 0 Å². The molecule has 6 nitrogen and oxygen atoms in total. The SMILES string of the molecule is CCOc1cc(NC(C)CC(O)c2ccco2)ncn1. The Bertz CT molecular complexity index is 516. The zero-order valence-electron chi connectivity index (χ0n) is 11.6. The molecule has 0 amide bonds. The number of aromatic nitrogens is 2. The predicted octanol–water partition coefficient (Wildman–Crippen LogP) is 2.39.